The van der Waals surface area contributed by atoms with Crippen molar-refractivity contribution in [1.29, 1.82) is 0 Å². The SMILES string of the molecule is Cc1nc(CN2CCC(c3nnnn3Cc3ccccc3)(N3CCCN(C4CCC4)CC3)CC2)c[nH]1. The second kappa shape index (κ2) is 10.4. The summed E-state index contributed by atoms with van der Waals surface area (Å²) < 4.78 is 2.07. The zero-order chi connectivity index (χ0) is 24.4. The van der Waals surface area contributed by atoms with Gasteiger partial charge in [-0.25, -0.2) is 9.67 Å². The van der Waals surface area contributed by atoms with Crippen molar-refractivity contribution in [3.05, 3.63) is 59.4 Å². The minimum absolute atomic E-state index is 0.133. The molecule has 4 heterocycles. The molecule has 1 aromatic carbocycles. The van der Waals surface area contributed by atoms with Gasteiger partial charge in [0.05, 0.1) is 17.8 Å². The van der Waals surface area contributed by atoms with Gasteiger partial charge in [0, 0.05) is 51.5 Å². The highest BCUT2D eigenvalue weighted by atomic mass is 15.6. The Morgan fingerprint density at radius 1 is 0.944 bits per heavy atom. The van der Waals surface area contributed by atoms with Gasteiger partial charge >= 0.3 is 0 Å². The number of aryl methyl sites for hydroxylation is 1. The van der Waals surface area contributed by atoms with E-state index in [-0.39, 0.29) is 5.54 Å². The number of nitrogens with one attached hydrogen (secondary N) is 1. The Morgan fingerprint density at radius 2 is 1.78 bits per heavy atom. The van der Waals surface area contributed by atoms with Crippen molar-refractivity contribution in [2.75, 3.05) is 39.3 Å². The summed E-state index contributed by atoms with van der Waals surface area (Å²) in [5, 5.41) is 13.4. The van der Waals surface area contributed by atoms with E-state index in [9.17, 15) is 0 Å². The summed E-state index contributed by atoms with van der Waals surface area (Å²) >= 11 is 0. The number of nitrogens with zero attached hydrogens (tertiary/aromatic N) is 8. The maximum atomic E-state index is 4.72. The van der Waals surface area contributed by atoms with E-state index in [0.717, 1.165) is 75.5 Å². The normalized spacial score (nSPS) is 22.4. The third-order valence-corrected chi connectivity index (χ3v) is 8.68. The van der Waals surface area contributed by atoms with Gasteiger partial charge in [0.25, 0.3) is 0 Å². The van der Waals surface area contributed by atoms with Gasteiger partial charge in [-0.15, -0.1) is 5.10 Å². The molecule has 9 nitrogen and oxygen atoms in total. The molecule has 3 aliphatic rings. The average molecular weight is 490 g/mol. The standard InChI is InChI=1S/C27H39N9/c1-22-28-19-24(29-22)21-33-15-11-27(12-16-33,35-14-6-13-34(17-18-35)25-9-5-10-25)26-30-31-32-36(26)20-23-7-3-2-4-8-23/h2-4,7-8,19,25H,5-6,9-18,20-21H2,1H3,(H,28,29). The van der Waals surface area contributed by atoms with Crippen LogP contribution in [0.2, 0.25) is 0 Å². The van der Waals surface area contributed by atoms with Crippen LogP contribution >= 0.6 is 0 Å². The number of tetrazole rings is 1. The molecule has 6 rings (SSSR count). The largest absolute Gasteiger partial charge is 0.348 e. The van der Waals surface area contributed by atoms with E-state index in [1.807, 2.05) is 13.1 Å². The molecular weight excluding hydrogens is 450 g/mol. The van der Waals surface area contributed by atoms with Crippen LogP contribution in [0.5, 0.6) is 0 Å². The molecule has 36 heavy (non-hydrogen) atoms. The number of aromatic amines is 1. The number of piperidine rings is 1. The minimum Gasteiger partial charge on any atom is -0.348 e. The van der Waals surface area contributed by atoms with Crippen LogP contribution in [0.15, 0.2) is 36.5 Å². The molecule has 0 atom stereocenters. The first-order valence-corrected chi connectivity index (χ1v) is 13.7. The molecule has 0 unspecified atom stereocenters. The molecule has 2 aliphatic heterocycles. The summed E-state index contributed by atoms with van der Waals surface area (Å²) in [7, 11) is 0. The van der Waals surface area contributed by atoms with E-state index < -0.39 is 0 Å². The minimum atomic E-state index is -0.133. The topological polar surface area (TPSA) is 82.0 Å². The number of hydrogen-bond acceptors (Lipinski definition) is 7. The summed E-state index contributed by atoms with van der Waals surface area (Å²) in [6.45, 7) is 10.2. The lowest BCUT2D eigenvalue weighted by atomic mass is 9.84. The van der Waals surface area contributed by atoms with Gasteiger partial charge in [0.15, 0.2) is 5.82 Å². The average Bonchev–Trinajstić information content (AvgIpc) is 3.42. The van der Waals surface area contributed by atoms with Crippen molar-refractivity contribution in [3.8, 4) is 0 Å². The molecule has 2 aromatic heterocycles. The zero-order valence-corrected chi connectivity index (χ0v) is 21.5. The van der Waals surface area contributed by atoms with Crippen molar-refractivity contribution < 1.29 is 0 Å². The molecule has 0 bridgehead atoms. The number of rotatable bonds is 7. The van der Waals surface area contributed by atoms with Gasteiger partial charge in [0.1, 0.15) is 5.82 Å². The van der Waals surface area contributed by atoms with Crippen LogP contribution in [0.25, 0.3) is 0 Å². The molecule has 0 radical (unpaired) electrons. The molecule has 1 aliphatic carbocycles. The van der Waals surface area contributed by atoms with Crippen LogP contribution in [0.1, 0.15) is 61.4 Å². The molecule has 3 aromatic rings. The molecular formula is C27H39N9. The van der Waals surface area contributed by atoms with E-state index in [4.69, 9.17) is 5.10 Å². The van der Waals surface area contributed by atoms with E-state index in [1.165, 1.54) is 37.8 Å². The third kappa shape index (κ3) is 4.84. The molecule has 0 spiro atoms. The Hall–Kier alpha value is -2.62. The Bertz CT molecular complexity index is 1110. The first kappa shape index (κ1) is 23.8. The van der Waals surface area contributed by atoms with E-state index >= 15 is 0 Å². The maximum absolute atomic E-state index is 4.72. The molecule has 9 heteroatoms. The lowest BCUT2D eigenvalue weighted by Crippen LogP contribution is -2.55. The number of likely N-dealkylation sites (tertiary alicyclic amines) is 1. The smallest absolute Gasteiger partial charge is 0.172 e. The number of hydrogen-bond donors (Lipinski definition) is 1. The highest BCUT2D eigenvalue weighted by Gasteiger charge is 2.46. The molecule has 2 saturated heterocycles. The first-order valence-electron chi connectivity index (χ1n) is 13.7. The fraction of sp³-hybridized carbons (Fsp3) is 0.630. The van der Waals surface area contributed by atoms with Gasteiger partial charge in [-0.2, -0.15) is 0 Å². The number of H-pyrrole nitrogens is 1. The Labute approximate surface area is 213 Å². The van der Waals surface area contributed by atoms with Gasteiger partial charge in [-0.3, -0.25) is 14.7 Å². The maximum Gasteiger partial charge on any atom is 0.172 e. The van der Waals surface area contributed by atoms with Crippen LogP contribution in [0, 0.1) is 6.92 Å². The van der Waals surface area contributed by atoms with Gasteiger partial charge in [-0.05, 0) is 61.6 Å². The van der Waals surface area contributed by atoms with E-state index in [0.29, 0.717) is 6.54 Å². The fourth-order valence-corrected chi connectivity index (χ4v) is 6.42. The summed E-state index contributed by atoms with van der Waals surface area (Å²) in [6.07, 6.45) is 9.48. The lowest BCUT2D eigenvalue weighted by Gasteiger charge is -2.47. The summed E-state index contributed by atoms with van der Waals surface area (Å²) in [6, 6.07) is 11.4. The summed E-state index contributed by atoms with van der Waals surface area (Å²) in [4.78, 5) is 15.9. The first-order chi connectivity index (χ1) is 17.7. The van der Waals surface area contributed by atoms with Crippen molar-refractivity contribution in [1.82, 2.24) is 44.9 Å². The number of imidazole rings is 1. The predicted molar refractivity (Wildman–Crippen MR) is 138 cm³/mol. The van der Waals surface area contributed by atoms with Crippen LogP contribution in [-0.2, 0) is 18.6 Å². The second-order valence-corrected chi connectivity index (χ2v) is 10.9. The summed E-state index contributed by atoms with van der Waals surface area (Å²) in [5.41, 5.74) is 2.23. The van der Waals surface area contributed by atoms with Crippen molar-refractivity contribution in [2.45, 2.75) is 70.1 Å². The highest BCUT2D eigenvalue weighted by Crippen LogP contribution is 2.39. The number of benzene rings is 1. The molecule has 3 fully saturated rings. The van der Waals surface area contributed by atoms with Crippen LogP contribution in [-0.4, -0.2) is 90.2 Å². The quantitative estimate of drug-likeness (QED) is 0.547. The van der Waals surface area contributed by atoms with Gasteiger partial charge in [-0.1, -0.05) is 36.8 Å². The second-order valence-electron chi connectivity index (χ2n) is 10.9. The van der Waals surface area contributed by atoms with Crippen molar-refractivity contribution >= 4 is 0 Å². The van der Waals surface area contributed by atoms with E-state index in [2.05, 4.69) is 70.1 Å². The lowest BCUT2D eigenvalue weighted by molar-refractivity contribution is 0.00568. The molecule has 1 N–H and O–H groups in total. The molecule has 192 valence electrons. The third-order valence-electron chi connectivity index (χ3n) is 8.68. The fourth-order valence-electron chi connectivity index (χ4n) is 6.42. The predicted octanol–water partition coefficient (Wildman–Crippen LogP) is 2.80. The monoisotopic (exact) mass is 489 g/mol. The van der Waals surface area contributed by atoms with Crippen molar-refractivity contribution in [2.24, 2.45) is 0 Å². The molecule has 0 amide bonds. The summed E-state index contributed by atoms with van der Waals surface area (Å²) in [5.74, 6) is 2.02. The Kier molecular flexibility index (Phi) is 6.86. The number of aromatic nitrogens is 6. The van der Waals surface area contributed by atoms with Gasteiger partial charge in [0.2, 0.25) is 0 Å². The van der Waals surface area contributed by atoms with Crippen LogP contribution in [0.4, 0.5) is 0 Å². The van der Waals surface area contributed by atoms with Crippen LogP contribution < -0.4 is 0 Å². The van der Waals surface area contributed by atoms with E-state index in [1.54, 1.807) is 0 Å². The Morgan fingerprint density at radius 3 is 2.50 bits per heavy atom. The zero-order valence-electron chi connectivity index (χ0n) is 21.5. The van der Waals surface area contributed by atoms with Crippen LogP contribution in [0.3, 0.4) is 0 Å². The Balaban J connectivity index is 1.25. The highest BCUT2D eigenvalue weighted by molar-refractivity contribution is 5.17. The molecule has 1 saturated carbocycles. The van der Waals surface area contributed by atoms with Crippen molar-refractivity contribution in [3.63, 3.8) is 0 Å². The van der Waals surface area contributed by atoms with Gasteiger partial charge < -0.3 is 4.98 Å².